The summed E-state index contributed by atoms with van der Waals surface area (Å²) in [5, 5.41) is 2.31. The summed E-state index contributed by atoms with van der Waals surface area (Å²) in [4.78, 5) is 0. The Morgan fingerprint density at radius 1 is 0.864 bits per heavy atom. The lowest BCUT2D eigenvalue weighted by atomic mass is 9.92. The third-order valence-corrected chi connectivity index (χ3v) is 4.09. The van der Waals surface area contributed by atoms with Gasteiger partial charge in [-0.15, -0.1) is 0 Å². The highest BCUT2D eigenvalue weighted by atomic mass is 16.5. The largest absolute Gasteiger partial charge is 0.482 e. The summed E-state index contributed by atoms with van der Waals surface area (Å²) in [7, 11) is 0. The van der Waals surface area contributed by atoms with Crippen molar-refractivity contribution in [2.75, 3.05) is 6.54 Å². The quantitative estimate of drug-likeness (QED) is 0.752. The molecule has 0 radical (unpaired) electrons. The molecule has 1 unspecified atom stereocenters. The zero-order valence-corrected chi connectivity index (χ0v) is 12.8. The molecule has 3 aromatic rings. The molecule has 1 atom stereocenters. The second-order valence-corrected chi connectivity index (χ2v) is 5.71. The van der Waals surface area contributed by atoms with Crippen LogP contribution in [0.5, 0.6) is 5.75 Å². The predicted octanol–water partition coefficient (Wildman–Crippen LogP) is 4.48. The molecule has 112 valence electrons. The third-order valence-electron chi connectivity index (χ3n) is 4.09. The van der Waals surface area contributed by atoms with E-state index in [-0.39, 0.29) is 0 Å². The molecule has 22 heavy (non-hydrogen) atoms. The first kappa shape index (κ1) is 14.6. The zero-order chi connectivity index (χ0) is 15.4. The molecule has 0 aromatic heterocycles. The van der Waals surface area contributed by atoms with E-state index in [1.54, 1.807) is 0 Å². The number of benzene rings is 3. The Bertz CT molecular complexity index is 749. The van der Waals surface area contributed by atoms with E-state index in [0.717, 1.165) is 23.1 Å². The molecule has 0 saturated heterocycles. The van der Waals surface area contributed by atoms with Crippen LogP contribution in [0.2, 0.25) is 0 Å². The molecule has 0 aliphatic rings. The fraction of sp³-hybridized carbons (Fsp3) is 0.200. The number of nitrogens with two attached hydrogens (primary N) is 1. The van der Waals surface area contributed by atoms with Crippen LogP contribution in [0.25, 0.3) is 10.8 Å². The second-order valence-electron chi connectivity index (χ2n) is 5.71. The van der Waals surface area contributed by atoms with Crippen LogP contribution in [0.3, 0.4) is 0 Å². The van der Waals surface area contributed by atoms with E-state index in [1.165, 1.54) is 5.39 Å². The molecule has 0 amide bonds. The molecule has 0 fully saturated rings. The van der Waals surface area contributed by atoms with Gasteiger partial charge in [0.15, 0.2) is 0 Å². The molecule has 2 nitrogen and oxygen atoms in total. The van der Waals surface area contributed by atoms with Crippen molar-refractivity contribution in [1.82, 2.24) is 0 Å². The summed E-state index contributed by atoms with van der Waals surface area (Å²) in [6.07, 6.45) is 0.764. The highest BCUT2D eigenvalue weighted by molar-refractivity contribution is 5.88. The summed E-state index contributed by atoms with van der Waals surface area (Å²) in [6.45, 7) is 2.69. The molecule has 0 aliphatic carbocycles. The maximum atomic E-state index is 6.46. The zero-order valence-electron chi connectivity index (χ0n) is 12.8. The molecular weight excluding hydrogens is 270 g/mol. The van der Waals surface area contributed by atoms with Gasteiger partial charge >= 0.3 is 0 Å². The van der Waals surface area contributed by atoms with Gasteiger partial charge < -0.3 is 10.5 Å². The van der Waals surface area contributed by atoms with Gasteiger partial charge in [-0.05, 0) is 30.5 Å². The van der Waals surface area contributed by atoms with Crippen LogP contribution in [0.4, 0.5) is 0 Å². The number of fused-ring (bicyclic) bond motifs is 1. The Kier molecular flexibility index (Phi) is 4.12. The van der Waals surface area contributed by atoms with Crippen molar-refractivity contribution in [2.45, 2.75) is 18.9 Å². The lowest BCUT2D eigenvalue weighted by molar-refractivity contribution is 0.0816. The van der Waals surface area contributed by atoms with Gasteiger partial charge in [-0.3, -0.25) is 0 Å². The molecule has 3 aromatic carbocycles. The van der Waals surface area contributed by atoms with Crippen molar-refractivity contribution in [1.29, 1.82) is 0 Å². The molecule has 0 saturated carbocycles. The Balaban J connectivity index is 2.03. The van der Waals surface area contributed by atoms with Gasteiger partial charge in [-0.25, -0.2) is 0 Å². The van der Waals surface area contributed by atoms with E-state index in [4.69, 9.17) is 10.5 Å². The monoisotopic (exact) mass is 291 g/mol. The number of hydrogen-bond acceptors (Lipinski definition) is 2. The van der Waals surface area contributed by atoms with E-state index in [2.05, 4.69) is 37.3 Å². The van der Waals surface area contributed by atoms with Crippen molar-refractivity contribution < 1.29 is 4.74 Å². The summed E-state index contributed by atoms with van der Waals surface area (Å²) in [5.41, 5.74) is 6.55. The third kappa shape index (κ3) is 2.83. The second kappa shape index (κ2) is 6.20. The maximum absolute atomic E-state index is 6.46. The smallest absolute Gasteiger partial charge is 0.132 e. The van der Waals surface area contributed by atoms with Gasteiger partial charge in [0.05, 0.1) is 0 Å². The van der Waals surface area contributed by atoms with Gasteiger partial charge in [-0.2, -0.15) is 0 Å². The normalized spacial score (nSPS) is 13.7. The van der Waals surface area contributed by atoms with E-state index >= 15 is 0 Å². The summed E-state index contributed by atoms with van der Waals surface area (Å²) >= 11 is 0. The minimum Gasteiger partial charge on any atom is -0.482 e. The van der Waals surface area contributed by atoms with Crippen LogP contribution in [-0.2, 0) is 5.60 Å². The lowest BCUT2D eigenvalue weighted by Gasteiger charge is -2.31. The van der Waals surface area contributed by atoms with Crippen molar-refractivity contribution in [2.24, 2.45) is 5.73 Å². The van der Waals surface area contributed by atoms with E-state index in [1.807, 2.05) is 42.5 Å². The maximum Gasteiger partial charge on any atom is 0.132 e. The van der Waals surface area contributed by atoms with E-state index in [9.17, 15) is 0 Å². The van der Waals surface area contributed by atoms with E-state index < -0.39 is 5.60 Å². The Labute approximate surface area is 131 Å². The minimum atomic E-state index is -0.430. The summed E-state index contributed by atoms with van der Waals surface area (Å²) < 4.78 is 6.46. The molecule has 0 spiro atoms. The van der Waals surface area contributed by atoms with Crippen LogP contribution < -0.4 is 10.5 Å². The molecule has 2 N–H and O–H groups in total. The SMILES string of the molecule is CC(CCN)(Oc1cccc2ccccc12)c1ccccc1. The topological polar surface area (TPSA) is 35.2 Å². The number of hydrogen-bond donors (Lipinski definition) is 1. The fourth-order valence-corrected chi connectivity index (χ4v) is 2.85. The molecular formula is C20H21NO. The fourth-order valence-electron chi connectivity index (χ4n) is 2.85. The summed E-state index contributed by atoms with van der Waals surface area (Å²) in [5.74, 6) is 0.901. The van der Waals surface area contributed by atoms with Gasteiger partial charge in [0.1, 0.15) is 11.4 Å². The first-order chi connectivity index (χ1) is 10.7. The summed E-state index contributed by atoms with van der Waals surface area (Å²) in [6, 6.07) is 24.7. The number of ether oxygens (including phenoxy) is 1. The molecule has 0 aliphatic heterocycles. The molecule has 3 rings (SSSR count). The first-order valence-electron chi connectivity index (χ1n) is 7.65. The lowest BCUT2D eigenvalue weighted by Crippen LogP contribution is -2.32. The average molecular weight is 291 g/mol. The van der Waals surface area contributed by atoms with Gasteiger partial charge in [0.25, 0.3) is 0 Å². The van der Waals surface area contributed by atoms with Crippen LogP contribution in [0, 0.1) is 0 Å². The molecule has 0 heterocycles. The molecule has 2 heteroatoms. The molecule has 0 bridgehead atoms. The first-order valence-corrected chi connectivity index (χ1v) is 7.65. The van der Waals surface area contributed by atoms with Gasteiger partial charge in [-0.1, -0.05) is 66.7 Å². The van der Waals surface area contributed by atoms with Crippen LogP contribution in [-0.4, -0.2) is 6.54 Å². The number of rotatable bonds is 5. The predicted molar refractivity (Wildman–Crippen MR) is 92.0 cm³/mol. The highest BCUT2D eigenvalue weighted by Gasteiger charge is 2.28. The Morgan fingerprint density at radius 2 is 1.55 bits per heavy atom. The Morgan fingerprint density at radius 3 is 2.32 bits per heavy atom. The van der Waals surface area contributed by atoms with Gasteiger partial charge in [0, 0.05) is 11.8 Å². The minimum absolute atomic E-state index is 0.430. The van der Waals surface area contributed by atoms with Crippen LogP contribution in [0.15, 0.2) is 72.8 Å². The van der Waals surface area contributed by atoms with Crippen molar-refractivity contribution in [3.05, 3.63) is 78.4 Å². The standard InChI is InChI=1S/C20H21NO/c1-20(14-15-21,17-10-3-2-4-11-17)22-19-13-7-9-16-8-5-6-12-18(16)19/h2-13H,14-15,21H2,1H3. The Hall–Kier alpha value is -2.32. The van der Waals surface area contributed by atoms with Crippen LogP contribution >= 0.6 is 0 Å². The van der Waals surface area contributed by atoms with Crippen LogP contribution in [0.1, 0.15) is 18.9 Å². The van der Waals surface area contributed by atoms with Crippen molar-refractivity contribution in [3.63, 3.8) is 0 Å². The van der Waals surface area contributed by atoms with E-state index in [0.29, 0.717) is 6.54 Å². The highest BCUT2D eigenvalue weighted by Crippen LogP contribution is 2.34. The van der Waals surface area contributed by atoms with Gasteiger partial charge in [0.2, 0.25) is 0 Å². The average Bonchev–Trinajstić information content (AvgIpc) is 2.56. The van der Waals surface area contributed by atoms with Crippen molar-refractivity contribution in [3.8, 4) is 5.75 Å². The van der Waals surface area contributed by atoms with Crippen molar-refractivity contribution >= 4 is 10.8 Å².